The van der Waals surface area contributed by atoms with Gasteiger partial charge in [-0.25, -0.2) is 14.1 Å². The molecule has 2 aromatic rings. The second-order valence-corrected chi connectivity index (χ2v) is 8.91. The average Bonchev–Trinajstić information content (AvgIpc) is 3.34. The van der Waals surface area contributed by atoms with Crippen LogP contribution in [0.25, 0.3) is 0 Å². The lowest BCUT2D eigenvalue weighted by Gasteiger charge is -2.31. The maximum atomic E-state index is 16.8. The zero-order chi connectivity index (χ0) is 22.9. The number of hydrogen-bond donors (Lipinski definition) is 0. The molecule has 32 heavy (non-hydrogen) atoms. The first-order chi connectivity index (χ1) is 15.3. The van der Waals surface area contributed by atoms with E-state index in [0.29, 0.717) is 24.4 Å². The highest BCUT2D eigenvalue weighted by molar-refractivity contribution is 5.99. The van der Waals surface area contributed by atoms with Crippen LogP contribution in [0.4, 0.5) is 9.18 Å². The summed E-state index contributed by atoms with van der Waals surface area (Å²) in [6.07, 6.45) is -0.763. The van der Waals surface area contributed by atoms with Crippen molar-refractivity contribution >= 4 is 12.0 Å². The minimum atomic E-state index is -2.25. The first-order valence-electron chi connectivity index (χ1n) is 10.9. The van der Waals surface area contributed by atoms with Crippen LogP contribution in [0.5, 0.6) is 5.75 Å². The SMILES string of the molecule is COc1ccc([C@H]2CN(Cc3ccccc3)C[C@]2(F)C(=O)N2C(=O)OC[C@H]2C(C)C)cc1. The molecular formula is C25H29FN2O4. The van der Waals surface area contributed by atoms with Crippen molar-refractivity contribution in [3.63, 3.8) is 0 Å². The zero-order valence-electron chi connectivity index (χ0n) is 18.7. The van der Waals surface area contributed by atoms with Crippen molar-refractivity contribution in [2.45, 2.75) is 38.0 Å². The Labute approximate surface area is 187 Å². The number of halogens is 1. The minimum Gasteiger partial charge on any atom is -0.497 e. The number of methoxy groups -OCH3 is 1. The van der Waals surface area contributed by atoms with Crippen LogP contribution in [0.15, 0.2) is 54.6 Å². The van der Waals surface area contributed by atoms with Crippen molar-refractivity contribution in [2.24, 2.45) is 5.92 Å². The third kappa shape index (κ3) is 4.09. The van der Waals surface area contributed by atoms with Crippen LogP contribution in [-0.2, 0) is 16.1 Å². The molecule has 4 rings (SSSR count). The standard InChI is InChI=1S/C25H29FN2O4/c1-17(2)22-15-32-24(30)28(22)23(29)25(26)16-27(13-18-7-5-4-6-8-18)14-21(25)19-9-11-20(31-3)12-10-19/h4-12,17,21-22H,13-16H2,1-3H3/t21-,22+,25-/m1/s1. The second kappa shape index (κ2) is 8.90. The van der Waals surface area contributed by atoms with Crippen molar-refractivity contribution in [1.29, 1.82) is 0 Å². The smallest absolute Gasteiger partial charge is 0.417 e. The Morgan fingerprint density at radius 2 is 1.88 bits per heavy atom. The van der Waals surface area contributed by atoms with Crippen LogP contribution in [-0.4, -0.2) is 60.3 Å². The fourth-order valence-corrected chi connectivity index (χ4v) is 4.65. The third-order valence-electron chi connectivity index (χ3n) is 6.46. The number of carbonyl (C=O) groups excluding carboxylic acids is 2. The van der Waals surface area contributed by atoms with Gasteiger partial charge in [0.25, 0.3) is 5.91 Å². The summed E-state index contributed by atoms with van der Waals surface area (Å²) >= 11 is 0. The Morgan fingerprint density at radius 1 is 1.19 bits per heavy atom. The molecule has 3 atom stereocenters. The quantitative estimate of drug-likeness (QED) is 0.680. The molecule has 0 unspecified atom stereocenters. The van der Waals surface area contributed by atoms with E-state index in [1.54, 1.807) is 31.4 Å². The molecule has 0 aliphatic carbocycles. The summed E-state index contributed by atoms with van der Waals surface area (Å²) in [5.74, 6) is -0.900. The monoisotopic (exact) mass is 440 g/mol. The largest absolute Gasteiger partial charge is 0.497 e. The van der Waals surface area contributed by atoms with E-state index in [2.05, 4.69) is 0 Å². The number of benzene rings is 2. The van der Waals surface area contributed by atoms with E-state index in [-0.39, 0.29) is 19.1 Å². The summed E-state index contributed by atoms with van der Waals surface area (Å²) in [6, 6.07) is 16.4. The Bertz CT molecular complexity index is 966. The number of imide groups is 1. The van der Waals surface area contributed by atoms with E-state index in [9.17, 15) is 9.59 Å². The summed E-state index contributed by atoms with van der Waals surface area (Å²) in [4.78, 5) is 29.0. The van der Waals surface area contributed by atoms with E-state index in [4.69, 9.17) is 9.47 Å². The summed E-state index contributed by atoms with van der Waals surface area (Å²) in [5.41, 5.74) is -0.510. The predicted octanol–water partition coefficient (Wildman–Crippen LogP) is 4.01. The number of cyclic esters (lactones) is 1. The highest BCUT2D eigenvalue weighted by Gasteiger charge is 2.58. The normalized spacial score (nSPS) is 25.9. The number of ether oxygens (including phenoxy) is 2. The highest BCUT2D eigenvalue weighted by Crippen LogP contribution is 2.42. The van der Waals surface area contributed by atoms with E-state index in [1.807, 2.05) is 49.1 Å². The Kier molecular flexibility index (Phi) is 6.20. The van der Waals surface area contributed by atoms with Crippen molar-refractivity contribution < 1.29 is 23.5 Å². The van der Waals surface area contributed by atoms with Crippen molar-refractivity contribution in [1.82, 2.24) is 9.80 Å². The number of amides is 2. The molecular weight excluding hydrogens is 411 g/mol. The molecule has 0 bridgehead atoms. The van der Waals surface area contributed by atoms with Gasteiger partial charge in [-0.3, -0.25) is 9.69 Å². The molecule has 2 heterocycles. The maximum absolute atomic E-state index is 16.8. The van der Waals surface area contributed by atoms with Gasteiger partial charge in [0.1, 0.15) is 12.4 Å². The van der Waals surface area contributed by atoms with Gasteiger partial charge in [0, 0.05) is 25.6 Å². The molecule has 2 aliphatic rings. The van der Waals surface area contributed by atoms with Gasteiger partial charge in [0.15, 0.2) is 0 Å². The number of nitrogens with zero attached hydrogens (tertiary/aromatic N) is 2. The molecule has 2 aromatic carbocycles. The Morgan fingerprint density at radius 3 is 2.50 bits per heavy atom. The lowest BCUT2D eigenvalue weighted by molar-refractivity contribution is -0.142. The van der Waals surface area contributed by atoms with Gasteiger partial charge in [-0.2, -0.15) is 0 Å². The first kappa shape index (κ1) is 22.3. The van der Waals surface area contributed by atoms with E-state index >= 15 is 4.39 Å². The molecule has 0 spiro atoms. The predicted molar refractivity (Wildman–Crippen MR) is 118 cm³/mol. The number of likely N-dealkylation sites (tertiary alicyclic amines) is 1. The zero-order valence-corrected chi connectivity index (χ0v) is 18.7. The van der Waals surface area contributed by atoms with Gasteiger partial charge >= 0.3 is 6.09 Å². The van der Waals surface area contributed by atoms with Crippen LogP contribution in [0.2, 0.25) is 0 Å². The van der Waals surface area contributed by atoms with E-state index in [0.717, 1.165) is 10.5 Å². The number of alkyl halides is 1. The highest BCUT2D eigenvalue weighted by atomic mass is 19.1. The summed E-state index contributed by atoms with van der Waals surface area (Å²) in [7, 11) is 1.57. The van der Waals surface area contributed by atoms with Crippen LogP contribution < -0.4 is 4.74 Å². The minimum absolute atomic E-state index is 0.0322. The molecule has 2 saturated heterocycles. The lowest BCUT2D eigenvalue weighted by atomic mass is 9.84. The maximum Gasteiger partial charge on any atom is 0.417 e. The molecule has 0 saturated carbocycles. The van der Waals surface area contributed by atoms with Gasteiger partial charge < -0.3 is 9.47 Å². The Hall–Kier alpha value is -2.93. The first-order valence-corrected chi connectivity index (χ1v) is 10.9. The summed E-state index contributed by atoms with van der Waals surface area (Å²) in [6.45, 7) is 4.68. The van der Waals surface area contributed by atoms with Crippen molar-refractivity contribution in [3.8, 4) is 5.75 Å². The molecule has 2 amide bonds. The molecule has 0 N–H and O–H groups in total. The number of rotatable bonds is 6. The van der Waals surface area contributed by atoms with Gasteiger partial charge in [-0.15, -0.1) is 0 Å². The van der Waals surface area contributed by atoms with Crippen LogP contribution in [0, 0.1) is 5.92 Å². The van der Waals surface area contributed by atoms with Crippen LogP contribution in [0.1, 0.15) is 30.9 Å². The third-order valence-corrected chi connectivity index (χ3v) is 6.46. The van der Waals surface area contributed by atoms with Gasteiger partial charge in [0.2, 0.25) is 5.67 Å². The number of hydrogen-bond acceptors (Lipinski definition) is 5. The van der Waals surface area contributed by atoms with Crippen LogP contribution >= 0.6 is 0 Å². The van der Waals surface area contributed by atoms with E-state index in [1.165, 1.54) is 0 Å². The van der Waals surface area contributed by atoms with E-state index < -0.39 is 29.6 Å². The molecule has 7 heteroatoms. The summed E-state index contributed by atoms with van der Waals surface area (Å²) in [5, 5.41) is 0. The molecule has 170 valence electrons. The molecule has 2 fully saturated rings. The summed E-state index contributed by atoms with van der Waals surface area (Å²) < 4.78 is 27.1. The van der Waals surface area contributed by atoms with Gasteiger partial charge in [0.05, 0.1) is 13.2 Å². The van der Waals surface area contributed by atoms with Gasteiger partial charge in [-0.05, 0) is 29.2 Å². The molecule has 0 aromatic heterocycles. The van der Waals surface area contributed by atoms with Crippen molar-refractivity contribution in [2.75, 3.05) is 26.8 Å². The number of carbonyl (C=O) groups is 2. The Balaban J connectivity index is 1.67. The van der Waals surface area contributed by atoms with Gasteiger partial charge in [-0.1, -0.05) is 56.3 Å². The fraction of sp³-hybridized carbons (Fsp3) is 0.440. The average molecular weight is 441 g/mol. The molecule has 0 radical (unpaired) electrons. The lowest BCUT2D eigenvalue weighted by Crippen LogP contribution is -2.54. The second-order valence-electron chi connectivity index (χ2n) is 8.91. The van der Waals surface area contributed by atoms with Crippen LogP contribution in [0.3, 0.4) is 0 Å². The topological polar surface area (TPSA) is 59.1 Å². The molecule has 2 aliphatic heterocycles. The molecule has 6 nitrogen and oxygen atoms in total. The fourth-order valence-electron chi connectivity index (χ4n) is 4.65. The van der Waals surface area contributed by atoms with Crippen molar-refractivity contribution in [3.05, 3.63) is 65.7 Å².